The van der Waals surface area contributed by atoms with Gasteiger partial charge in [-0.25, -0.2) is 4.79 Å². The average Bonchev–Trinajstić information content (AvgIpc) is 1.96. The normalized spacial score (nSPS) is 11.3. The Morgan fingerprint density at radius 2 is 2.00 bits per heavy atom. The third-order valence-electron chi connectivity index (χ3n) is 1.52. The lowest BCUT2D eigenvalue weighted by atomic mass is 10.2. The first-order valence-electron chi connectivity index (χ1n) is 4.78. The van der Waals surface area contributed by atoms with Gasteiger partial charge in [-0.3, -0.25) is 0 Å². The quantitative estimate of drug-likeness (QED) is 0.514. The third-order valence-corrected chi connectivity index (χ3v) is 3.02. The van der Waals surface area contributed by atoms with Crippen LogP contribution < -0.4 is 0 Å². The second kappa shape index (κ2) is 5.39. The summed E-state index contributed by atoms with van der Waals surface area (Å²) in [7, 11) is -0.526. The van der Waals surface area contributed by atoms with E-state index in [9.17, 15) is 4.79 Å². The Hall–Kier alpha value is -0.356. The predicted molar refractivity (Wildman–Crippen MR) is 62.6 cm³/mol. The maximum Gasteiger partial charge on any atom is 0.320 e. The molecule has 0 rings (SSSR count). The molecular formula is C9H20O2Si2. The van der Waals surface area contributed by atoms with Crippen LogP contribution in [0.5, 0.6) is 0 Å². The van der Waals surface area contributed by atoms with E-state index < -0.39 is 8.32 Å². The first kappa shape index (κ1) is 12.6. The standard InChI is InChI=1S/C9H20O2Si2/c1-8(6-5-7-12)9(10)11-13(2,3)4/h1,5-7H2,2-4,12H3. The minimum Gasteiger partial charge on any atom is -0.517 e. The molecule has 0 aliphatic carbocycles. The summed E-state index contributed by atoms with van der Waals surface area (Å²) in [5, 5.41) is 0. The molecule has 0 spiro atoms. The van der Waals surface area contributed by atoms with Crippen LogP contribution in [0, 0.1) is 0 Å². The molecule has 4 heteroatoms. The summed E-state index contributed by atoms with van der Waals surface area (Å²) >= 11 is 0. The Labute approximate surface area is 84.9 Å². The van der Waals surface area contributed by atoms with E-state index in [0.29, 0.717) is 5.57 Å². The van der Waals surface area contributed by atoms with Crippen LogP contribution in [-0.4, -0.2) is 24.5 Å². The van der Waals surface area contributed by atoms with Crippen LogP contribution in [0.3, 0.4) is 0 Å². The molecule has 0 aromatic carbocycles. The van der Waals surface area contributed by atoms with Crippen molar-refractivity contribution in [2.24, 2.45) is 0 Å². The topological polar surface area (TPSA) is 26.3 Å². The lowest BCUT2D eigenvalue weighted by Crippen LogP contribution is -2.29. The lowest BCUT2D eigenvalue weighted by Gasteiger charge is -2.18. The molecule has 0 aromatic heterocycles. The van der Waals surface area contributed by atoms with Gasteiger partial charge in [0.25, 0.3) is 0 Å². The van der Waals surface area contributed by atoms with Gasteiger partial charge in [-0.2, -0.15) is 0 Å². The smallest absolute Gasteiger partial charge is 0.320 e. The van der Waals surface area contributed by atoms with Gasteiger partial charge in [0.15, 0.2) is 0 Å². The van der Waals surface area contributed by atoms with E-state index in [4.69, 9.17) is 4.43 Å². The maximum atomic E-state index is 11.4. The molecule has 0 N–H and O–H groups in total. The monoisotopic (exact) mass is 216 g/mol. The van der Waals surface area contributed by atoms with Gasteiger partial charge in [-0.1, -0.05) is 19.0 Å². The second-order valence-electron chi connectivity index (χ2n) is 4.21. The van der Waals surface area contributed by atoms with Crippen LogP contribution in [-0.2, 0) is 9.22 Å². The van der Waals surface area contributed by atoms with Crippen molar-refractivity contribution >= 4 is 24.5 Å². The van der Waals surface area contributed by atoms with Crippen LogP contribution in [0.2, 0.25) is 25.7 Å². The molecule has 13 heavy (non-hydrogen) atoms. The van der Waals surface area contributed by atoms with E-state index in [0.717, 1.165) is 12.8 Å². The predicted octanol–water partition coefficient (Wildman–Crippen LogP) is 1.48. The van der Waals surface area contributed by atoms with Crippen molar-refractivity contribution < 1.29 is 9.22 Å². The van der Waals surface area contributed by atoms with Crippen molar-refractivity contribution in [3.05, 3.63) is 12.2 Å². The zero-order chi connectivity index (χ0) is 10.5. The fourth-order valence-corrected chi connectivity index (χ4v) is 1.90. The van der Waals surface area contributed by atoms with E-state index in [-0.39, 0.29) is 5.97 Å². The minimum absolute atomic E-state index is 0.186. The molecule has 0 radical (unpaired) electrons. The summed E-state index contributed by atoms with van der Waals surface area (Å²) in [6.45, 7) is 9.75. The first-order chi connectivity index (χ1) is 5.87. The van der Waals surface area contributed by atoms with Gasteiger partial charge in [0.2, 0.25) is 8.32 Å². The highest BCUT2D eigenvalue weighted by Gasteiger charge is 2.20. The zero-order valence-corrected chi connectivity index (χ0v) is 12.1. The molecule has 0 saturated carbocycles. The van der Waals surface area contributed by atoms with Gasteiger partial charge in [0, 0.05) is 15.8 Å². The van der Waals surface area contributed by atoms with Gasteiger partial charge >= 0.3 is 5.97 Å². The molecule has 0 heterocycles. The van der Waals surface area contributed by atoms with Gasteiger partial charge in [-0.15, -0.1) is 0 Å². The SMILES string of the molecule is C=C(CCC[SiH3])C(=O)O[Si](C)(C)C. The fraction of sp³-hybridized carbons (Fsp3) is 0.667. The number of hydrogen-bond acceptors (Lipinski definition) is 2. The molecular weight excluding hydrogens is 196 g/mol. The van der Waals surface area contributed by atoms with Crippen molar-refractivity contribution in [3.63, 3.8) is 0 Å². The van der Waals surface area contributed by atoms with Gasteiger partial charge in [0.1, 0.15) is 0 Å². The molecule has 0 atom stereocenters. The lowest BCUT2D eigenvalue weighted by molar-refractivity contribution is -0.131. The highest BCUT2D eigenvalue weighted by Crippen LogP contribution is 2.11. The number of hydrogen-bond donors (Lipinski definition) is 0. The Balaban J connectivity index is 3.91. The molecule has 0 amide bonds. The third kappa shape index (κ3) is 6.77. The van der Waals surface area contributed by atoms with E-state index in [1.54, 1.807) is 0 Å². The molecule has 0 bridgehead atoms. The maximum absolute atomic E-state index is 11.4. The zero-order valence-electron chi connectivity index (χ0n) is 9.14. The van der Waals surface area contributed by atoms with E-state index in [1.165, 1.54) is 16.3 Å². The van der Waals surface area contributed by atoms with Crippen LogP contribution in [0.1, 0.15) is 12.8 Å². The highest BCUT2D eigenvalue weighted by atomic mass is 28.4. The molecule has 0 unspecified atom stereocenters. The molecule has 0 saturated heterocycles. The van der Waals surface area contributed by atoms with Gasteiger partial charge in [-0.05, 0) is 26.1 Å². The van der Waals surface area contributed by atoms with E-state index in [1.807, 2.05) is 19.6 Å². The molecule has 0 aliphatic rings. The van der Waals surface area contributed by atoms with Crippen molar-refractivity contribution in [3.8, 4) is 0 Å². The second-order valence-corrected chi connectivity index (χ2v) is 9.64. The highest BCUT2D eigenvalue weighted by molar-refractivity contribution is 6.71. The van der Waals surface area contributed by atoms with E-state index >= 15 is 0 Å². The molecule has 0 aromatic rings. The largest absolute Gasteiger partial charge is 0.517 e. The van der Waals surface area contributed by atoms with Gasteiger partial charge in [0.05, 0.1) is 0 Å². The molecule has 0 aliphatic heterocycles. The van der Waals surface area contributed by atoms with Crippen molar-refractivity contribution in [2.75, 3.05) is 0 Å². The summed E-state index contributed by atoms with van der Waals surface area (Å²) in [5.74, 6) is -0.186. The number of rotatable bonds is 5. The van der Waals surface area contributed by atoms with E-state index in [2.05, 4.69) is 6.58 Å². The van der Waals surface area contributed by atoms with Crippen LogP contribution in [0.4, 0.5) is 0 Å². The Morgan fingerprint density at radius 1 is 1.46 bits per heavy atom. The molecule has 0 fully saturated rings. The van der Waals surface area contributed by atoms with Crippen molar-refractivity contribution in [1.82, 2.24) is 0 Å². The summed E-state index contributed by atoms with van der Waals surface area (Å²) in [6, 6.07) is 1.22. The fourth-order valence-electron chi connectivity index (χ4n) is 0.842. The number of carbonyl (C=O) groups excluding carboxylic acids is 1. The van der Waals surface area contributed by atoms with Crippen molar-refractivity contribution in [1.29, 1.82) is 0 Å². The van der Waals surface area contributed by atoms with Crippen LogP contribution in [0.25, 0.3) is 0 Å². The number of carbonyl (C=O) groups is 1. The molecule has 76 valence electrons. The van der Waals surface area contributed by atoms with Crippen molar-refractivity contribution in [2.45, 2.75) is 38.5 Å². The Morgan fingerprint density at radius 3 is 2.38 bits per heavy atom. The Bertz CT molecular complexity index is 194. The van der Waals surface area contributed by atoms with Crippen LogP contribution in [0.15, 0.2) is 12.2 Å². The summed E-state index contributed by atoms with van der Waals surface area (Å²) in [4.78, 5) is 11.4. The summed E-state index contributed by atoms with van der Waals surface area (Å²) in [5.41, 5.74) is 0.637. The summed E-state index contributed by atoms with van der Waals surface area (Å²) < 4.78 is 5.31. The average molecular weight is 216 g/mol. The van der Waals surface area contributed by atoms with Gasteiger partial charge < -0.3 is 4.43 Å². The minimum atomic E-state index is -1.72. The molecule has 2 nitrogen and oxygen atoms in total. The Kier molecular flexibility index (Phi) is 5.24. The van der Waals surface area contributed by atoms with Crippen LogP contribution >= 0.6 is 0 Å². The first-order valence-corrected chi connectivity index (χ1v) is 9.60. The summed E-state index contributed by atoms with van der Waals surface area (Å²) in [6.07, 6.45) is 1.87.